The van der Waals surface area contributed by atoms with Gasteiger partial charge in [-0.3, -0.25) is 4.79 Å². The number of hydrogen-bond acceptors (Lipinski definition) is 4. The van der Waals surface area contributed by atoms with Crippen molar-refractivity contribution in [1.82, 2.24) is 19.9 Å². The van der Waals surface area contributed by atoms with E-state index in [2.05, 4.69) is 19.9 Å². The molecule has 2 aromatic heterocycles. The molecule has 1 aliphatic heterocycles. The van der Waals surface area contributed by atoms with Crippen molar-refractivity contribution in [2.24, 2.45) is 0 Å². The number of hydrogen-bond donors (Lipinski definition) is 1. The van der Waals surface area contributed by atoms with Crippen LogP contribution in [0.4, 0.5) is 5.95 Å². The van der Waals surface area contributed by atoms with Crippen LogP contribution in [-0.2, 0) is 0 Å². The molecule has 0 atom stereocenters. The van der Waals surface area contributed by atoms with Crippen molar-refractivity contribution >= 4 is 11.9 Å². The Hall–Kier alpha value is -2.37. The van der Waals surface area contributed by atoms with Gasteiger partial charge in [0.1, 0.15) is 5.69 Å². The first-order chi connectivity index (χ1) is 9.34. The molecule has 98 valence electrons. The number of anilines is 1. The molecule has 3 rings (SSSR count). The van der Waals surface area contributed by atoms with Gasteiger partial charge in [-0.25, -0.2) is 9.97 Å². The van der Waals surface area contributed by atoms with Crippen LogP contribution in [0.25, 0.3) is 0 Å². The Labute approximate surface area is 111 Å². The number of aromatic amines is 1. The zero-order valence-electron chi connectivity index (χ0n) is 10.5. The Bertz CT molecular complexity index is 531. The summed E-state index contributed by atoms with van der Waals surface area (Å²) < 4.78 is 0. The molecule has 6 nitrogen and oxygen atoms in total. The van der Waals surface area contributed by atoms with E-state index in [0.717, 1.165) is 19.0 Å². The number of rotatable bonds is 2. The molecule has 3 heterocycles. The average Bonchev–Trinajstić information content (AvgIpc) is 3.02. The molecule has 0 radical (unpaired) electrons. The summed E-state index contributed by atoms with van der Waals surface area (Å²) in [5, 5.41) is 0. The molecule has 1 fully saturated rings. The maximum absolute atomic E-state index is 12.1. The van der Waals surface area contributed by atoms with Crippen LogP contribution in [0, 0.1) is 0 Å². The maximum Gasteiger partial charge on any atom is 0.270 e. The highest BCUT2D eigenvalue weighted by atomic mass is 16.2. The first-order valence-corrected chi connectivity index (χ1v) is 6.29. The van der Waals surface area contributed by atoms with Crippen molar-refractivity contribution in [2.45, 2.75) is 0 Å². The first-order valence-electron chi connectivity index (χ1n) is 6.29. The summed E-state index contributed by atoms with van der Waals surface area (Å²) in [4.78, 5) is 27.5. The van der Waals surface area contributed by atoms with E-state index in [-0.39, 0.29) is 5.91 Å². The molecule has 1 aliphatic rings. The fraction of sp³-hybridized carbons (Fsp3) is 0.308. The van der Waals surface area contributed by atoms with Crippen molar-refractivity contribution in [3.05, 3.63) is 42.5 Å². The monoisotopic (exact) mass is 257 g/mol. The molecule has 19 heavy (non-hydrogen) atoms. The number of nitrogens with one attached hydrogen (secondary N) is 1. The third-order valence-corrected chi connectivity index (χ3v) is 3.23. The summed E-state index contributed by atoms with van der Waals surface area (Å²) in [6.45, 7) is 2.90. The predicted octanol–water partition coefficient (Wildman–Crippen LogP) is 0.767. The highest BCUT2D eigenvalue weighted by molar-refractivity contribution is 5.92. The van der Waals surface area contributed by atoms with Gasteiger partial charge in [-0.1, -0.05) is 0 Å². The van der Waals surface area contributed by atoms with E-state index < -0.39 is 0 Å². The van der Waals surface area contributed by atoms with Gasteiger partial charge in [0.2, 0.25) is 5.95 Å². The summed E-state index contributed by atoms with van der Waals surface area (Å²) in [6.07, 6.45) is 5.23. The van der Waals surface area contributed by atoms with E-state index in [1.165, 1.54) is 0 Å². The topological polar surface area (TPSA) is 65.1 Å². The maximum atomic E-state index is 12.1. The minimum atomic E-state index is 0.0543. The number of amides is 1. The number of piperazine rings is 1. The van der Waals surface area contributed by atoms with Crippen molar-refractivity contribution in [3.63, 3.8) is 0 Å². The van der Waals surface area contributed by atoms with Gasteiger partial charge < -0.3 is 14.8 Å². The molecule has 6 heteroatoms. The predicted molar refractivity (Wildman–Crippen MR) is 70.9 cm³/mol. The third-order valence-electron chi connectivity index (χ3n) is 3.23. The van der Waals surface area contributed by atoms with Crippen molar-refractivity contribution in [3.8, 4) is 0 Å². The van der Waals surface area contributed by atoms with E-state index in [9.17, 15) is 4.79 Å². The van der Waals surface area contributed by atoms with Crippen molar-refractivity contribution in [2.75, 3.05) is 31.1 Å². The van der Waals surface area contributed by atoms with Gasteiger partial charge in [0.15, 0.2) is 0 Å². The van der Waals surface area contributed by atoms with Gasteiger partial charge in [-0.15, -0.1) is 0 Å². The highest BCUT2D eigenvalue weighted by Crippen LogP contribution is 2.11. The Morgan fingerprint density at radius 2 is 1.84 bits per heavy atom. The minimum Gasteiger partial charge on any atom is -0.357 e. The fourth-order valence-electron chi connectivity index (χ4n) is 2.20. The number of nitrogens with zero attached hydrogens (tertiary/aromatic N) is 4. The SMILES string of the molecule is O=C(c1ccc[nH]1)N1CCN(c2ncccn2)CC1. The number of aromatic nitrogens is 3. The number of carbonyl (C=O) groups excluding carboxylic acids is 1. The molecule has 1 saturated heterocycles. The number of carbonyl (C=O) groups is 1. The largest absolute Gasteiger partial charge is 0.357 e. The van der Waals surface area contributed by atoms with E-state index in [1.54, 1.807) is 30.7 Å². The molecule has 0 bridgehead atoms. The van der Waals surface area contributed by atoms with Crippen molar-refractivity contribution < 1.29 is 4.79 Å². The molecule has 0 aromatic carbocycles. The van der Waals surface area contributed by atoms with Crippen molar-refractivity contribution in [1.29, 1.82) is 0 Å². The standard InChI is InChI=1S/C13H15N5O/c19-12(11-3-1-4-14-11)17-7-9-18(10-8-17)13-15-5-2-6-16-13/h1-6,14H,7-10H2. The summed E-state index contributed by atoms with van der Waals surface area (Å²) in [5.74, 6) is 0.785. The molecule has 1 amide bonds. The quantitative estimate of drug-likeness (QED) is 0.863. The molecular weight excluding hydrogens is 242 g/mol. The molecule has 0 spiro atoms. The van der Waals surface area contributed by atoms with Gasteiger partial charge in [-0.05, 0) is 18.2 Å². The van der Waals surface area contributed by atoms with Gasteiger partial charge in [-0.2, -0.15) is 0 Å². The third kappa shape index (κ3) is 2.42. The van der Waals surface area contributed by atoms with Crippen LogP contribution >= 0.6 is 0 Å². The Balaban J connectivity index is 1.62. The van der Waals surface area contributed by atoms with Crippen LogP contribution in [0.5, 0.6) is 0 Å². The Morgan fingerprint density at radius 3 is 2.47 bits per heavy atom. The van der Waals surface area contributed by atoms with Crippen LogP contribution in [0.2, 0.25) is 0 Å². The second-order valence-electron chi connectivity index (χ2n) is 4.41. The minimum absolute atomic E-state index is 0.0543. The van der Waals surface area contributed by atoms with E-state index in [0.29, 0.717) is 18.8 Å². The van der Waals surface area contributed by atoms with E-state index in [4.69, 9.17) is 0 Å². The summed E-state index contributed by atoms with van der Waals surface area (Å²) in [7, 11) is 0. The molecule has 0 saturated carbocycles. The molecule has 0 aliphatic carbocycles. The smallest absolute Gasteiger partial charge is 0.270 e. The number of H-pyrrole nitrogens is 1. The second-order valence-corrected chi connectivity index (χ2v) is 4.41. The summed E-state index contributed by atoms with van der Waals surface area (Å²) in [5.41, 5.74) is 0.643. The van der Waals surface area contributed by atoms with Gasteiger partial charge in [0, 0.05) is 44.8 Å². The van der Waals surface area contributed by atoms with E-state index >= 15 is 0 Å². The van der Waals surface area contributed by atoms with Crippen LogP contribution in [0.3, 0.4) is 0 Å². The van der Waals surface area contributed by atoms with Crippen LogP contribution in [0.15, 0.2) is 36.8 Å². The van der Waals surface area contributed by atoms with E-state index in [1.807, 2.05) is 11.0 Å². The van der Waals surface area contributed by atoms with Gasteiger partial charge in [0.05, 0.1) is 0 Å². The molecule has 0 unspecified atom stereocenters. The Kier molecular flexibility index (Phi) is 3.14. The van der Waals surface area contributed by atoms with Gasteiger partial charge in [0.25, 0.3) is 5.91 Å². The lowest BCUT2D eigenvalue weighted by Crippen LogP contribution is -2.49. The summed E-state index contributed by atoms with van der Waals surface area (Å²) >= 11 is 0. The summed E-state index contributed by atoms with van der Waals surface area (Å²) in [6, 6.07) is 5.44. The lowest BCUT2D eigenvalue weighted by Gasteiger charge is -2.34. The second kappa shape index (κ2) is 5.09. The highest BCUT2D eigenvalue weighted by Gasteiger charge is 2.23. The molecular formula is C13H15N5O. The molecule has 2 aromatic rings. The lowest BCUT2D eigenvalue weighted by atomic mass is 10.3. The molecule has 1 N–H and O–H groups in total. The Morgan fingerprint density at radius 1 is 1.11 bits per heavy atom. The zero-order chi connectivity index (χ0) is 13.1. The lowest BCUT2D eigenvalue weighted by molar-refractivity contribution is 0.0741. The fourth-order valence-corrected chi connectivity index (χ4v) is 2.20. The first kappa shape index (κ1) is 11.7. The zero-order valence-corrected chi connectivity index (χ0v) is 10.5. The van der Waals surface area contributed by atoms with Crippen LogP contribution in [0.1, 0.15) is 10.5 Å². The van der Waals surface area contributed by atoms with Gasteiger partial charge >= 0.3 is 0 Å². The average molecular weight is 257 g/mol. The normalized spacial score (nSPS) is 15.6. The van der Waals surface area contributed by atoms with Crippen LogP contribution in [-0.4, -0.2) is 51.9 Å². The van der Waals surface area contributed by atoms with Crippen LogP contribution < -0.4 is 4.90 Å².